The summed E-state index contributed by atoms with van der Waals surface area (Å²) in [6.45, 7) is 4.35. The summed E-state index contributed by atoms with van der Waals surface area (Å²) in [5.74, 6) is -7.41. The van der Waals surface area contributed by atoms with Crippen molar-refractivity contribution in [1.82, 2.24) is 14.9 Å². The molecule has 2 aromatic rings. The Balaban J connectivity index is 1.84. The number of hydrogen-bond acceptors (Lipinski definition) is 6. The molecule has 0 unspecified atom stereocenters. The summed E-state index contributed by atoms with van der Waals surface area (Å²) in [5, 5.41) is 2.64. The number of benzene rings is 2. The van der Waals surface area contributed by atoms with Crippen LogP contribution in [0, 0.1) is 17.5 Å². The van der Waals surface area contributed by atoms with E-state index in [0.717, 1.165) is 6.07 Å². The molecule has 3 rings (SSSR count). The second kappa shape index (κ2) is 12.9. The minimum Gasteiger partial charge on any atom is -0.488 e. The largest absolute Gasteiger partial charge is 0.488 e. The Kier molecular flexibility index (Phi) is 10.2. The first kappa shape index (κ1) is 32.5. The number of amides is 1. The number of halogens is 6. The Morgan fingerprint density at radius 2 is 1.85 bits per heavy atom. The highest BCUT2D eigenvalue weighted by Crippen LogP contribution is 2.36. The zero-order valence-corrected chi connectivity index (χ0v) is 23.5. The number of nitrogens with zero attached hydrogens (tertiary/aromatic N) is 1. The fourth-order valence-electron chi connectivity index (χ4n) is 4.17. The molecule has 0 aliphatic carbocycles. The van der Waals surface area contributed by atoms with E-state index in [2.05, 4.69) is 5.32 Å². The van der Waals surface area contributed by atoms with Crippen LogP contribution in [0.5, 0.6) is 5.75 Å². The van der Waals surface area contributed by atoms with Crippen LogP contribution in [0.4, 0.5) is 31.1 Å². The summed E-state index contributed by atoms with van der Waals surface area (Å²) in [7, 11) is -3.71. The van der Waals surface area contributed by atoms with E-state index in [1.807, 2.05) is 0 Å². The monoisotopic (exact) mass is 611 g/mol. The maximum absolute atomic E-state index is 15.7. The van der Waals surface area contributed by atoms with Crippen molar-refractivity contribution >= 4 is 16.1 Å². The van der Waals surface area contributed by atoms with Crippen LogP contribution < -0.4 is 14.8 Å². The minimum absolute atomic E-state index is 0.0542. The zero-order valence-electron chi connectivity index (χ0n) is 22.7. The molecule has 1 heterocycles. The van der Waals surface area contributed by atoms with E-state index in [1.165, 1.54) is 30.1 Å². The molecule has 0 saturated carbocycles. The number of nitrogens with one attached hydrogen (secondary N) is 2. The molecule has 0 aromatic heterocycles. The van der Waals surface area contributed by atoms with Crippen molar-refractivity contribution < 1.29 is 49.0 Å². The number of carbonyl (C=O) groups excluding carboxylic acids is 1. The second-order valence-corrected chi connectivity index (χ2v) is 12.2. The molecule has 1 aliphatic heterocycles. The Hall–Kier alpha value is -3.04. The molecular weight excluding hydrogens is 580 g/mol. The molecule has 1 saturated heterocycles. The molecule has 0 bridgehead atoms. The molecule has 1 fully saturated rings. The molecule has 0 radical (unpaired) electrons. The molecule has 2 N–H and O–H groups in total. The molecule has 1 aliphatic rings. The van der Waals surface area contributed by atoms with Crippen LogP contribution in [-0.4, -0.2) is 75.8 Å². The number of alkyl halides is 3. The van der Waals surface area contributed by atoms with Gasteiger partial charge in [0.25, 0.3) is 10.0 Å². The number of hydrogen-bond donors (Lipinski definition) is 2. The second-order valence-electron chi connectivity index (χ2n) is 10.5. The summed E-state index contributed by atoms with van der Waals surface area (Å²) in [6.07, 6.45) is -2.87. The van der Waals surface area contributed by atoms with Crippen molar-refractivity contribution in [2.75, 3.05) is 26.7 Å². The molecule has 15 heteroatoms. The van der Waals surface area contributed by atoms with E-state index in [4.69, 9.17) is 9.47 Å². The van der Waals surface area contributed by atoms with Gasteiger partial charge in [-0.1, -0.05) is 18.2 Å². The number of carbonyl (C=O) groups is 1. The smallest absolute Gasteiger partial charge is 0.410 e. The van der Waals surface area contributed by atoms with Crippen molar-refractivity contribution in [3.8, 4) is 16.9 Å². The van der Waals surface area contributed by atoms with Crippen LogP contribution in [-0.2, 0) is 21.2 Å². The minimum atomic E-state index is -5.14. The third-order valence-corrected chi connectivity index (χ3v) is 7.20. The van der Waals surface area contributed by atoms with Crippen LogP contribution in [0.3, 0.4) is 0 Å². The predicted molar refractivity (Wildman–Crippen MR) is 138 cm³/mol. The van der Waals surface area contributed by atoms with Crippen LogP contribution in [0.25, 0.3) is 11.1 Å². The van der Waals surface area contributed by atoms with Crippen LogP contribution >= 0.6 is 0 Å². The molecular formula is C26H31F6N3O5S. The average Bonchev–Trinajstić information content (AvgIpc) is 3.18. The fraction of sp³-hybridized carbons (Fsp3) is 0.500. The van der Waals surface area contributed by atoms with E-state index < -0.39 is 68.9 Å². The molecule has 3 atom stereocenters. The van der Waals surface area contributed by atoms with Gasteiger partial charge >= 0.3 is 11.9 Å². The summed E-state index contributed by atoms with van der Waals surface area (Å²) < 4.78 is 120. The molecule has 228 valence electrons. The molecule has 0 spiro atoms. The average molecular weight is 612 g/mol. The van der Waals surface area contributed by atoms with Crippen molar-refractivity contribution in [2.24, 2.45) is 0 Å². The van der Waals surface area contributed by atoms with Crippen LogP contribution in [0.2, 0.25) is 0 Å². The topological polar surface area (TPSA) is 97.0 Å². The van der Waals surface area contributed by atoms with Crippen molar-refractivity contribution in [1.29, 1.82) is 0 Å². The van der Waals surface area contributed by atoms with Gasteiger partial charge in [-0.05, 0) is 38.8 Å². The Labute approximate surface area is 234 Å². The van der Waals surface area contributed by atoms with Crippen molar-refractivity contribution in [3.05, 3.63) is 53.3 Å². The summed E-state index contributed by atoms with van der Waals surface area (Å²) in [5.41, 5.74) is -1.43. The number of rotatable bonds is 10. The van der Waals surface area contributed by atoms with Gasteiger partial charge in [0.15, 0.2) is 11.6 Å². The van der Waals surface area contributed by atoms with E-state index in [1.54, 1.807) is 25.5 Å². The van der Waals surface area contributed by atoms with Gasteiger partial charge in [-0.3, -0.25) is 0 Å². The highest BCUT2D eigenvalue weighted by atomic mass is 32.2. The van der Waals surface area contributed by atoms with Gasteiger partial charge in [-0.2, -0.15) is 8.78 Å². The fourth-order valence-corrected chi connectivity index (χ4v) is 4.97. The van der Waals surface area contributed by atoms with Gasteiger partial charge in [-0.15, -0.1) is 0 Å². The Morgan fingerprint density at radius 1 is 1.17 bits per heavy atom. The summed E-state index contributed by atoms with van der Waals surface area (Å²) >= 11 is 0. The number of likely N-dealkylation sites (N-methyl/N-ethyl adjacent to an activating group) is 1. The van der Waals surface area contributed by atoms with E-state index >= 15 is 4.39 Å². The van der Waals surface area contributed by atoms with E-state index in [0.29, 0.717) is 6.07 Å². The SMILES string of the molecule is CN(CCOc1c(F)cc(F)cc1-c1cccc(C[C@@H]2NC[C@H](F)[C@@H]2NS(=O)(=O)C(F)F)c1F)C(=O)OC(C)(C)C. The predicted octanol–water partition coefficient (Wildman–Crippen LogP) is 4.38. The van der Waals surface area contributed by atoms with Gasteiger partial charge < -0.3 is 19.7 Å². The third kappa shape index (κ3) is 8.26. The van der Waals surface area contributed by atoms with Gasteiger partial charge in [0.2, 0.25) is 0 Å². The highest BCUT2D eigenvalue weighted by Gasteiger charge is 2.41. The number of sulfonamides is 1. The number of ether oxygens (including phenoxy) is 2. The first-order valence-corrected chi connectivity index (χ1v) is 14.0. The first-order chi connectivity index (χ1) is 19.0. The summed E-state index contributed by atoms with van der Waals surface area (Å²) in [4.78, 5) is 13.3. The van der Waals surface area contributed by atoms with Gasteiger partial charge in [0, 0.05) is 36.8 Å². The molecule has 1 amide bonds. The standard InChI is InChI=1S/C26H31F6N3O5S/c1-26(2,3)40-25(36)35(4)8-9-39-23-17(11-15(27)12-18(23)28)16-7-5-6-14(21(16)30)10-20-22(19(29)13-33-20)34-41(37,38)24(31)32/h5-7,11-12,19-20,22,24,33-34H,8-10,13H2,1-4H3/t19-,20-,22-/m0/s1. The summed E-state index contributed by atoms with van der Waals surface area (Å²) in [6, 6.07) is 2.55. The lowest BCUT2D eigenvalue weighted by molar-refractivity contribution is 0.0277. The molecule has 41 heavy (non-hydrogen) atoms. The van der Waals surface area contributed by atoms with Crippen LogP contribution in [0.1, 0.15) is 26.3 Å². The normalized spacial score (nSPS) is 19.4. The molecule has 2 aromatic carbocycles. The van der Waals surface area contributed by atoms with E-state index in [-0.39, 0.29) is 42.8 Å². The Bertz CT molecular complexity index is 1360. The lowest BCUT2D eigenvalue weighted by Crippen LogP contribution is -2.49. The first-order valence-electron chi connectivity index (χ1n) is 12.5. The quantitative estimate of drug-likeness (QED) is 0.388. The lowest BCUT2D eigenvalue weighted by Gasteiger charge is -2.25. The van der Waals surface area contributed by atoms with Gasteiger partial charge in [0.05, 0.1) is 12.6 Å². The zero-order chi connectivity index (χ0) is 30.7. The lowest BCUT2D eigenvalue weighted by atomic mass is 9.95. The molecule has 8 nitrogen and oxygen atoms in total. The maximum atomic E-state index is 15.7. The third-order valence-electron chi connectivity index (χ3n) is 6.13. The van der Waals surface area contributed by atoms with Gasteiger partial charge in [-0.25, -0.2) is 35.5 Å². The van der Waals surface area contributed by atoms with Crippen molar-refractivity contribution in [2.45, 2.75) is 56.8 Å². The van der Waals surface area contributed by atoms with Crippen molar-refractivity contribution in [3.63, 3.8) is 0 Å². The van der Waals surface area contributed by atoms with E-state index in [9.17, 15) is 35.2 Å². The maximum Gasteiger partial charge on any atom is 0.410 e. The Morgan fingerprint density at radius 3 is 2.49 bits per heavy atom. The van der Waals surface area contributed by atoms with Gasteiger partial charge in [0.1, 0.15) is 30.0 Å². The van der Waals surface area contributed by atoms with Crippen LogP contribution in [0.15, 0.2) is 30.3 Å². The highest BCUT2D eigenvalue weighted by molar-refractivity contribution is 7.89.